The van der Waals surface area contributed by atoms with Gasteiger partial charge in [-0.1, -0.05) is 27.5 Å². The first kappa shape index (κ1) is 15.2. The number of nitrogen functional groups attached to an aromatic ring is 1. The molecule has 0 radical (unpaired) electrons. The number of rotatable bonds is 3. The molecule has 2 rings (SSSR count). The van der Waals surface area contributed by atoms with Gasteiger partial charge < -0.3 is 5.73 Å². The van der Waals surface area contributed by atoms with Gasteiger partial charge in [0.1, 0.15) is 4.90 Å². The summed E-state index contributed by atoms with van der Waals surface area (Å²) in [5.41, 5.74) is 7.36. The summed E-state index contributed by atoms with van der Waals surface area (Å²) < 4.78 is 28.0. The molecule has 0 bridgehead atoms. The second-order valence-electron chi connectivity index (χ2n) is 4.26. The number of sulfonamides is 1. The van der Waals surface area contributed by atoms with Crippen molar-refractivity contribution >= 4 is 48.9 Å². The molecule has 0 aliphatic heterocycles. The molecule has 2 aromatic carbocycles. The third-order valence-electron chi connectivity index (χ3n) is 2.66. The summed E-state index contributed by atoms with van der Waals surface area (Å²) in [6.07, 6.45) is 0. The fourth-order valence-electron chi connectivity index (χ4n) is 1.65. The number of aryl methyl sites for hydroxylation is 1. The molecule has 0 saturated heterocycles. The van der Waals surface area contributed by atoms with Gasteiger partial charge >= 0.3 is 0 Å². The molecule has 0 atom stereocenters. The molecule has 0 aliphatic rings. The molecule has 0 amide bonds. The van der Waals surface area contributed by atoms with Crippen molar-refractivity contribution in [3.8, 4) is 0 Å². The van der Waals surface area contributed by atoms with Gasteiger partial charge in [0.15, 0.2) is 0 Å². The molecule has 0 heterocycles. The zero-order chi connectivity index (χ0) is 14.9. The Morgan fingerprint density at radius 1 is 1.20 bits per heavy atom. The number of nitrogens with one attached hydrogen (secondary N) is 1. The lowest BCUT2D eigenvalue weighted by Crippen LogP contribution is -2.13. The summed E-state index contributed by atoms with van der Waals surface area (Å²) >= 11 is 9.29. The van der Waals surface area contributed by atoms with E-state index in [1.54, 1.807) is 18.2 Å². The minimum Gasteiger partial charge on any atom is -0.399 e. The summed E-state index contributed by atoms with van der Waals surface area (Å²) in [7, 11) is -3.74. The normalized spacial score (nSPS) is 11.3. The quantitative estimate of drug-likeness (QED) is 0.802. The van der Waals surface area contributed by atoms with E-state index in [4.69, 9.17) is 17.3 Å². The van der Waals surface area contributed by atoms with Gasteiger partial charge in [-0.3, -0.25) is 4.72 Å². The summed E-state index contributed by atoms with van der Waals surface area (Å²) in [6, 6.07) is 9.45. The van der Waals surface area contributed by atoms with E-state index in [-0.39, 0.29) is 9.92 Å². The van der Waals surface area contributed by atoms with Crippen molar-refractivity contribution < 1.29 is 8.42 Å². The van der Waals surface area contributed by atoms with Crippen LogP contribution >= 0.6 is 27.5 Å². The van der Waals surface area contributed by atoms with Crippen LogP contribution in [-0.2, 0) is 10.0 Å². The topological polar surface area (TPSA) is 72.2 Å². The number of nitrogens with two attached hydrogens (primary N) is 1. The standard InChI is InChI=1S/C13H12BrClN2O2S/c1-8-6-10(3-4-11(8)14)17-20(18,19)13-5-2-9(16)7-12(13)15/h2-7,17H,16H2,1H3. The first-order valence-corrected chi connectivity index (χ1v) is 8.29. The molecule has 0 aromatic heterocycles. The Bertz CT molecular complexity index is 763. The van der Waals surface area contributed by atoms with E-state index in [2.05, 4.69) is 20.7 Å². The van der Waals surface area contributed by atoms with Crippen LogP contribution in [0.4, 0.5) is 11.4 Å². The predicted molar refractivity (Wildman–Crippen MR) is 85.6 cm³/mol. The monoisotopic (exact) mass is 374 g/mol. The van der Waals surface area contributed by atoms with Crippen LogP contribution in [0.2, 0.25) is 5.02 Å². The molecule has 0 unspecified atom stereocenters. The van der Waals surface area contributed by atoms with Crippen molar-refractivity contribution in [3.05, 3.63) is 51.5 Å². The summed E-state index contributed by atoms with van der Waals surface area (Å²) in [5, 5.41) is 0.0892. The zero-order valence-corrected chi connectivity index (χ0v) is 13.7. The average Bonchev–Trinajstić information content (AvgIpc) is 2.33. The highest BCUT2D eigenvalue weighted by Crippen LogP contribution is 2.27. The fraction of sp³-hybridized carbons (Fsp3) is 0.0769. The third-order valence-corrected chi connectivity index (χ3v) is 5.41. The van der Waals surface area contributed by atoms with Gasteiger partial charge in [0, 0.05) is 15.8 Å². The Labute approximate surface area is 131 Å². The van der Waals surface area contributed by atoms with Crippen molar-refractivity contribution in [1.29, 1.82) is 0 Å². The van der Waals surface area contributed by atoms with Crippen molar-refractivity contribution in [2.75, 3.05) is 10.5 Å². The second-order valence-corrected chi connectivity index (χ2v) is 7.17. The minimum atomic E-state index is -3.74. The summed E-state index contributed by atoms with van der Waals surface area (Å²) in [4.78, 5) is -0.00561. The lowest BCUT2D eigenvalue weighted by molar-refractivity contribution is 0.601. The van der Waals surface area contributed by atoms with E-state index in [9.17, 15) is 8.42 Å². The Morgan fingerprint density at radius 2 is 1.90 bits per heavy atom. The van der Waals surface area contributed by atoms with Crippen LogP contribution < -0.4 is 10.5 Å². The van der Waals surface area contributed by atoms with Crippen molar-refractivity contribution in [3.63, 3.8) is 0 Å². The molecule has 3 N–H and O–H groups in total. The first-order valence-electron chi connectivity index (χ1n) is 5.63. The molecule has 2 aromatic rings. The third kappa shape index (κ3) is 3.26. The maximum atomic E-state index is 12.3. The Balaban J connectivity index is 2.38. The molecule has 106 valence electrons. The summed E-state index contributed by atoms with van der Waals surface area (Å²) in [6.45, 7) is 1.87. The van der Waals surface area contributed by atoms with Gasteiger partial charge in [-0.15, -0.1) is 0 Å². The molecule has 0 spiro atoms. The maximum Gasteiger partial charge on any atom is 0.263 e. The molecule has 0 fully saturated rings. The van der Waals surface area contributed by atoms with E-state index >= 15 is 0 Å². The second kappa shape index (κ2) is 5.63. The number of benzene rings is 2. The number of halogens is 2. The SMILES string of the molecule is Cc1cc(NS(=O)(=O)c2ccc(N)cc2Cl)ccc1Br. The van der Waals surface area contributed by atoms with E-state index in [1.807, 2.05) is 6.92 Å². The van der Waals surface area contributed by atoms with Gasteiger partial charge in [0.25, 0.3) is 10.0 Å². The van der Waals surface area contributed by atoms with Crippen molar-refractivity contribution in [1.82, 2.24) is 0 Å². The number of hydrogen-bond acceptors (Lipinski definition) is 3. The maximum absolute atomic E-state index is 12.3. The van der Waals surface area contributed by atoms with Crippen LogP contribution in [0.25, 0.3) is 0 Å². The number of hydrogen-bond donors (Lipinski definition) is 2. The Hall–Kier alpha value is -1.24. The Kier molecular flexibility index (Phi) is 4.27. The van der Waals surface area contributed by atoms with Crippen LogP contribution in [0.1, 0.15) is 5.56 Å². The molecule has 4 nitrogen and oxygen atoms in total. The van der Waals surface area contributed by atoms with Gasteiger partial charge in [0.2, 0.25) is 0 Å². The molecule has 0 aliphatic carbocycles. The first-order chi connectivity index (χ1) is 9.29. The molecule has 0 saturated carbocycles. The highest BCUT2D eigenvalue weighted by Gasteiger charge is 2.18. The van der Waals surface area contributed by atoms with E-state index in [0.29, 0.717) is 11.4 Å². The zero-order valence-electron chi connectivity index (χ0n) is 10.5. The van der Waals surface area contributed by atoms with Gasteiger partial charge in [-0.05, 0) is 48.9 Å². The fourth-order valence-corrected chi connectivity index (χ4v) is 3.50. The largest absolute Gasteiger partial charge is 0.399 e. The average molecular weight is 376 g/mol. The van der Waals surface area contributed by atoms with Gasteiger partial charge in [-0.2, -0.15) is 0 Å². The van der Waals surface area contributed by atoms with E-state index in [0.717, 1.165) is 10.0 Å². The lowest BCUT2D eigenvalue weighted by Gasteiger charge is -2.11. The minimum absolute atomic E-state index is 0.00561. The Morgan fingerprint density at radius 3 is 2.50 bits per heavy atom. The predicted octanol–water partition coefficient (Wildman–Crippen LogP) is 3.79. The van der Waals surface area contributed by atoms with E-state index < -0.39 is 10.0 Å². The highest BCUT2D eigenvalue weighted by molar-refractivity contribution is 9.10. The van der Waals surface area contributed by atoms with Crippen LogP contribution in [0.3, 0.4) is 0 Å². The van der Waals surface area contributed by atoms with E-state index in [1.165, 1.54) is 18.2 Å². The van der Waals surface area contributed by atoms with Crippen LogP contribution in [0.15, 0.2) is 45.8 Å². The number of anilines is 2. The molecular formula is C13H12BrClN2O2S. The highest BCUT2D eigenvalue weighted by atomic mass is 79.9. The van der Waals surface area contributed by atoms with Crippen LogP contribution in [0.5, 0.6) is 0 Å². The molecule has 20 heavy (non-hydrogen) atoms. The van der Waals surface area contributed by atoms with Crippen molar-refractivity contribution in [2.45, 2.75) is 11.8 Å². The van der Waals surface area contributed by atoms with Gasteiger partial charge in [0.05, 0.1) is 5.02 Å². The molecular weight excluding hydrogens is 364 g/mol. The van der Waals surface area contributed by atoms with Gasteiger partial charge in [-0.25, -0.2) is 8.42 Å². The van der Waals surface area contributed by atoms with Crippen molar-refractivity contribution in [2.24, 2.45) is 0 Å². The lowest BCUT2D eigenvalue weighted by atomic mass is 10.2. The molecule has 7 heteroatoms. The summed E-state index contributed by atoms with van der Waals surface area (Å²) in [5.74, 6) is 0. The smallest absolute Gasteiger partial charge is 0.263 e. The van der Waals surface area contributed by atoms with Crippen LogP contribution in [0, 0.1) is 6.92 Å². The van der Waals surface area contributed by atoms with Crippen LogP contribution in [-0.4, -0.2) is 8.42 Å².